The van der Waals surface area contributed by atoms with Crippen LogP contribution >= 0.6 is 0 Å². The number of unbranched alkanes of at least 4 members (excludes halogenated alkanes) is 4. The summed E-state index contributed by atoms with van der Waals surface area (Å²) in [4.78, 5) is 11.7. The Kier molecular flexibility index (Phi) is 8.27. The van der Waals surface area contributed by atoms with E-state index < -0.39 is 0 Å². The maximum atomic E-state index is 11.7. The lowest BCUT2D eigenvalue weighted by molar-refractivity contribution is -0.115. The van der Waals surface area contributed by atoms with Gasteiger partial charge in [-0.3, -0.25) is 4.79 Å². The standard InChI is InChI=1S/C25H42O/c1-2-3-4-5-6-8-20-11-13-21(14-12-20)22-15-17-23(18-16-22)24-9-7-10-25(26)19-24/h19-23H,2-18H2,1H3/t20-,21-,22?,23?. The summed E-state index contributed by atoms with van der Waals surface area (Å²) < 4.78 is 0. The summed E-state index contributed by atoms with van der Waals surface area (Å²) in [6.45, 7) is 2.31. The van der Waals surface area contributed by atoms with E-state index in [2.05, 4.69) is 6.92 Å². The molecule has 148 valence electrons. The van der Waals surface area contributed by atoms with E-state index in [1.54, 1.807) is 0 Å². The Bertz CT molecular complexity index is 447. The maximum absolute atomic E-state index is 11.7. The van der Waals surface area contributed by atoms with Crippen LogP contribution in [0.15, 0.2) is 11.6 Å². The molecule has 3 rings (SSSR count). The lowest BCUT2D eigenvalue weighted by atomic mass is 9.67. The van der Waals surface area contributed by atoms with E-state index in [1.807, 2.05) is 6.08 Å². The van der Waals surface area contributed by atoms with Crippen LogP contribution in [-0.2, 0) is 4.79 Å². The smallest absolute Gasteiger partial charge is 0.155 e. The van der Waals surface area contributed by atoms with Gasteiger partial charge in [-0.05, 0) is 81.1 Å². The third-order valence-corrected chi connectivity index (χ3v) is 7.81. The fraction of sp³-hybridized carbons (Fsp3) is 0.880. The second kappa shape index (κ2) is 10.7. The first-order valence-electron chi connectivity index (χ1n) is 12.0. The summed E-state index contributed by atoms with van der Waals surface area (Å²) in [7, 11) is 0. The van der Waals surface area contributed by atoms with Crippen molar-refractivity contribution in [1.82, 2.24) is 0 Å². The molecule has 0 aromatic rings. The molecule has 0 heterocycles. The minimum absolute atomic E-state index is 0.390. The van der Waals surface area contributed by atoms with Crippen molar-refractivity contribution in [2.45, 2.75) is 116 Å². The lowest BCUT2D eigenvalue weighted by Gasteiger charge is -2.38. The number of hydrogen-bond donors (Lipinski definition) is 0. The molecule has 0 spiro atoms. The highest BCUT2D eigenvalue weighted by molar-refractivity contribution is 5.91. The van der Waals surface area contributed by atoms with Crippen molar-refractivity contribution in [1.29, 1.82) is 0 Å². The number of allylic oxidation sites excluding steroid dienone is 2. The molecule has 0 aliphatic heterocycles. The highest BCUT2D eigenvalue weighted by Gasteiger charge is 2.32. The van der Waals surface area contributed by atoms with Crippen molar-refractivity contribution in [2.24, 2.45) is 23.7 Å². The Morgan fingerprint density at radius 2 is 1.46 bits per heavy atom. The molecule has 0 N–H and O–H groups in total. The van der Waals surface area contributed by atoms with Crippen molar-refractivity contribution in [3.8, 4) is 0 Å². The third-order valence-electron chi connectivity index (χ3n) is 7.81. The van der Waals surface area contributed by atoms with E-state index in [1.165, 1.54) is 102 Å². The highest BCUT2D eigenvalue weighted by Crippen LogP contribution is 2.44. The fourth-order valence-corrected chi connectivity index (χ4v) is 6.09. The van der Waals surface area contributed by atoms with Crippen molar-refractivity contribution >= 4 is 5.78 Å². The molecule has 0 aromatic heterocycles. The second-order valence-electron chi connectivity index (χ2n) is 9.63. The van der Waals surface area contributed by atoms with Gasteiger partial charge in [-0.2, -0.15) is 0 Å². The van der Waals surface area contributed by atoms with Crippen LogP contribution in [-0.4, -0.2) is 5.78 Å². The van der Waals surface area contributed by atoms with Gasteiger partial charge in [0.05, 0.1) is 0 Å². The van der Waals surface area contributed by atoms with E-state index in [0.717, 1.165) is 36.5 Å². The molecular formula is C25H42O. The summed E-state index contributed by atoms with van der Waals surface area (Å²) in [6.07, 6.45) is 25.4. The summed E-state index contributed by atoms with van der Waals surface area (Å²) in [6, 6.07) is 0. The zero-order valence-electron chi connectivity index (χ0n) is 17.3. The molecule has 3 aliphatic rings. The highest BCUT2D eigenvalue weighted by atomic mass is 16.1. The van der Waals surface area contributed by atoms with E-state index in [0.29, 0.717) is 5.78 Å². The molecule has 1 nitrogen and oxygen atoms in total. The van der Waals surface area contributed by atoms with Crippen LogP contribution in [0.25, 0.3) is 0 Å². The number of ketones is 1. The van der Waals surface area contributed by atoms with Crippen molar-refractivity contribution < 1.29 is 4.79 Å². The fourth-order valence-electron chi connectivity index (χ4n) is 6.09. The van der Waals surface area contributed by atoms with Crippen molar-refractivity contribution in [3.05, 3.63) is 11.6 Å². The molecule has 0 radical (unpaired) electrons. The largest absolute Gasteiger partial charge is 0.295 e. The average molecular weight is 359 g/mol. The molecule has 0 bridgehead atoms. The van der Waals surface area contributed by atoms with Gasteiger partial charge in [-0.25, -0.2) is 0 Å². The molecule has 2 saturated carbocycles. The third kappa shape index (κ3) is 5.96. The average Bonchev–Trinajstić information content (AvgIpc) is 2.68. The van der Waals surface area contributed by atoms with E-state index >= 15 is 0 Å². The van der Waals surface area contributed by atoms with Gasteiger partial charge >= 0.3 is 0 Å². The van der Waals surface area contributed by atoms with Crippen LogP contribution in [0.4, 0.5) is 0 Å². The monoisotopic (exact) mass is 358 g/mol. The summed E-state index contributed by atoms with van der Waals surface area (Å²) in [5.74, 6) is 4.20. The lowest BCUT2D eigenvalue weighted by Crippen LogP contribution is -2.26. The molecule has 26 heavy (non-hydrogen) atoms. The predicted molar refractivity (Wildman–Crippen MR) is 111 cm³/mol. The van der Waals surface area contributed by atoms with Gasteiger partial charge in [0.1, 0.15) is 0 Å². The Hall–Kier alpha value is -0.590. The number of rotatable bonds is 8. The first-order chi connectivity index (χ1) is 12.8. The molecule has 0 atom stereocenters. The first-order valence-corrected chi connectivity index (χ1v) is 12.0. The Morgan fingerprint density at radius 1 is 0.808 bits per heavy atom. The van der Waals surface area contributed by atoms with Gasteiger partial charge in [0.15, 0.2) is 5.78 Å². The minimum atomic E-state index is 0.390. The van der Waals surface area contributed by atoms with Crippen LogP contribution < -0.4 is 0 Å². The molecule has 0 saturated heterocycles. The quantitative estimate of drug-likeness (QED) is 0.407. The summed E-state index contributed by atoms with van der Waals surface area (Å²) in [5, 5.41) is 0. The Morgan fingerprint density at radius 3 is 2.12 bits per heavy atom. The van der Waals surface area contributed by atoms with E-state index in [9.17, 15) is 4.79 Å². The van der Waals surface area contributed by atoms with Crippen LogP contribution in [0.2, 0.25) is 0 Å². The van der Waals surface area contributed by atoms with Crippen molar-refractivity contribution in [3.63, 3.8) is 0 Å². The summed E-state index contributed by atoms with van der Waals surface area (Å²) >= 11 is 0. The van der Waals surface area contributed by atoms with E-state index in [4.69, 9.17) is 0 Å². The van der Waals surface area contributed by atoms with Gasteiger partial charge in [0.2, 0.25) is 0 Å². The van der Waals surface area contributed by atoms with Gasteiger partial charge in [0, 0.05) is 6.42 Å². The van der Waals surface area contributed by atoms with Crippen LogP contribution in [0.3, 0.4) is 0 Å². The molecule has 2 fully saturated rings. The molecule has 1 heteroatoms. The van der Waals surface area contributed by atoms with Gasteiger partial charge in [-0.15, -0.1) is 0 Å². The summed E-state index contributed by atoms with van der Waals surface area (Å²) in [5.41, 5.74) is 1.51. The molecule has 3 aliphatic carbocycles. The van der Waals surface area contributed by atoms with Gasteiger partial charge in [-0.1, -0.05) is 63.9 Å². The first kappa shape index (κ1) is 20.2. The van der Waals surface area contributed by atoms with Crippen LogP contribution in [0.1, 0.15) is 116 Å². The number of carbonyl (C=O) groups excluding carboxylic acids is 1. The normalized spacial score (nSPS) is 33.1. The number of carbonyl (C=O) groups is 1. The molecule has 0 aromatic carbocycles. The van der Waals surface area contributed by atoms with Gasteiger partial charge in [0.25, 0.3) is 0 Å². The van der Waals surface area contributed by atoms with Crippen LogP contribution in [0.5, 0.6) is 0 Å². The second-order valence-corrected chi connectivity index (χ2v) is 9.63. The zero-order valence-corrected chi connectivity index (χ0v) is 17.3. The Balaban J connectivity index is 1.33. The topological polar surface area (TPSA) is 17.1 Å². The predicted octanol–water partition coefficient (Wildman–Crippen LogP) is 7.64. The zero-order chi connectivity index (χ0) is 18.2. The maximum Gasteiger partial charge on any atom is 0.155 e. The molecular weight excluding hydrogens is 316 g/mol. The number of hydrogen-bond acceptors (Lipinski definition) is 1. The molecule has 0 unspecified atom stereocenters. The van der Waals surface area contributed by atoms with Crippen molar-refractivity contribution in [2.75, 3.05) is 0 Å². The minimum Gasteiger partial charge on any atom is -0.295 e. The SMILES string of the molecule is CCCCCCC[C@H]1CC[C@H](C2CCC(C3=CC(=O)CCC3)CC2)CC1. The van der Waals surface area contributed by atoms with Gasteiger partial charge < -0.3 is 0 Å². The molecule has 0 amide bonds. The Labute approximate surface area is 162 Å². The van der Waals surface area contributed by atoms with E-state index in [-0.39, 0.29) is 0 Å². The van der Waals surface area contributed by atoms with Crippen LogP contribution in [0, 0.1) is 23.7 Å².